The van der Waals surface area contributed by atoms with Gasteiger partial charge in [0, 0.05) is 18.8 Å². The Morgan fingerprint density at radius 2 is 1.90 bits per heavy atom. The van der Waals surface area contributed by atoms with E-state index in [-0.39, 0.29) is 58.5 Å². The van der Waals surface area contributed by atoms with Crippen molar-refractivity contribution in [3.63, 3.8) is 0 Å². The van der Waals surface area contributed by atoms with Gasteiger partial charge in [0.05, 0.1) is 6.10 Å². The van der Waals surface area contributed by atoms with E-state index in [1.807, 2.05) is 6.92 Å². The third-order valence-corrected chi connectivity index (χ3v) is 8.93. The predicted octanol–water partition coefficient (Wildman–Crippen LogP) is 1.70. The van der Waals surface area contributed by atoms with E-state index in [0.717, 1.165) is 31.3 Å². The Labute approximate surface area is 200 Å². The predicted molar refractivity (Wildman–Crippen MR) is 112 cm³/mol. The summed E-state index contributed by atoms with van der Waals surface area (Å²) in [6.45, 7) is 4.76. The quantitative estimate of drug-likeness (QED) is 0.524. The third-order valence-electron chi connectivity index (χ3n) is 8.93. The Bertz CT molecular complexity index is 793. The molecule has 0 amide bonds. The second kappa shape index (κ2) is 8.11. The summed E-state index contributed by atoms with van der Waals surface area (Å²) in [6, 6.07) is 0. The number of fused-ring (bicyclic) bond motifs is 5. The van der Waals surface area contributed by atoms with E-state index in [9.17, 15) is 24.6 Å². The number of carbonyl (C=O) groups excluding carboxylic acids is 3. The number of carbonyl (C=O) groups is 3. The van der Waals surface area contributed by atoms with Gasteiger partial charge in [-0.2, -0.15) is 0 Å². The topological polar surface area (TPSA) is 101 Å². The van der Waals surface area contributed by atoms with Crippen LogP contribution in [-0.4, -0.2) is 75.6 Å². The normalized spacial score (nSPS) is 44.7. The first-order valence-corrected chi connectivity index (χ1v) is 10.8. The average Bonchev–Trinajstić information content (AvgIpc) is 2.93. The van der Waals surface area contributed by atoms with Gasteiger partial charge in [0.1, 0.15) is 6.61 Å². The van der Waals surface area contributed by atoms with Gasteiger partial charge in [-0.1, -0.05) is 19.4 Å². The van der Waals surface area contributed by atoms with E-state index >= 15 is 0 Å². The summed E-state index contributed by atoms with van der Waals surface area (Å²) in [6.07, 6.45) is 5.59. The molecule has 0 spiro atoms. The van der Waals surface area contributed by atoms with Gasteiger partial charge in [-0.25, -0.2) is 0 Å². The molecule has 0 aliphatic heterocycles. The standard InChI is InChI=1S/C23H32O6.Na.H/c1-13(25)29-23(19(28)12-24)9-7-17-16-5-4-14-10-15(26)6-8-21(14,2)20(16)18(27)11-22(17,23)3;;/h10,16-18,20,24,27H,4-9,11-12H2,1-3H3;;/t16-,17-,18-,20+,21-,22-,23-;;/m0../s1. The summed E-state index contributed by atoms with van der Waals surface area (Å²) >= 11 is 0. The Kier molecular flexibility index (Phi) is 6.52. The first-order chi connectivity index (χ1) is 13.6. The summed E-state index contributed by atoms with van der Waals surface area (Å²) in [5.74, 6) is -0.462. The number of esters is 1. The van der Waals surface area contributed by atoms with Gasteiger partial charge >= 0.3 is 35.5 Å². The fraction of sp³-hybridized carbons (Fsp3) is 0.783. The Hall–Kier alpha value is -0.530. The van der Waals surface area contributed by atoms with Crippen LogP contribution in [0, 0.1) is 28.6 Å². The summed E-state index contributed by atoms with van der Waals surface area (Å²) in [4.78, 5) is 36.8. The molecule has 30 heavy (non-hydrogen) atoms. The zero-order chi connectivity index (χ0) is 21.2. The van der Waals surface area contributed by atoms with Crippen molar-refractivity contribution in [3.8, 4) is 0 Å². The van der Waals surface area contributed by atoms with Crippen molar-refractivity contribution in [1.29, 1.82) is 0 Å². The van der Waals surface area contributed by atoms with Crippen molar-refractivity contribution in [3.05, 3.63) is 11.6 Å². The maximum atomic E-state index is 12.9. The molecule has 4 aliphatic carbocycles. The van der Waals surface area contributed by atoms with Crippen LogP contribution < -0.4 is 0 Å². The van der Waals surface area contributed by atoms with E-state index in [4.69, 9.17) is 4.74 Å². The summed E-state index contributed by atoms with van der Waals surface area (Å²) in [5, 5.41) is 21.0. The van der Waals surface area contributed by atoms with Crippen LogP contribution in [0.5, 0.6) is 0 Å². The van der Waals surface area contributed by atoms with Crippen molar-refractivity contribution in [2.75, 3.05) is 6.61 Å². The van der Waals surface area contributed by atoms with Crippen LogP contribution in [-0.2, 0) is 19.1 Å². The Morgan fingerprint density at radius 3 is 2.53 bits per heavy atom. The molecular weight excluding hydrogens is 395 g/mol. The average molecular weight is 429 g/mol. The molecule has 0 radical (unpaired) electrons. The molecule has 0 aromatic rings. The Morgan fingerprint density at radius 1 is 1.20 bits per heavy atom. The number of ketones is 2. The summed E-state index contributed by atoms with van der Waals surface area (Å²) in [7, 11) is 0. The SMILES string of the molecule is CC(=O)O[C@]1(C(=O)CO)CC[C@H]2[C@@H]3CCC4=CC(=O)CC[C@]4(C)[C@H]3[C@@H](O)C[C@@]21C.[NaH]. The monoisotopic (exact) mass is 428 g/mol. The number of hydrogen-bond acceptors (Lipinski definition) is 6. The summed E-state index contributed by atoms with van der Waals surface area (Å²) < 4.78 is 5.68. The van der Waals surface area contributed by atoms with Crippen LogP contribution in [0.4, 0.5) is 0 Å². The molecule has 7 heteroatoms. The van der Waals surface area contributed by atoms with Crippen LogP contribution in [0.15, 0.2) is 11.6 Å². The molecule has 4 aliphatic rings. The van der Waals surface area contributed by atoms with Crippen LogP contribution >= 0.6 is 0 Å². The molecule has 2 N–H and O–H groups in total. The number of hydrogen-bond donors (Lipinski definition) is 2. The van der Waals surface area contributed by atoms with Crippen LogP contribution in [0.25, 0.3) is 0 Å². The van der Waals surface area contributed by atoms with Crippen molar-refractivity contribution < 1.29 is 29.3 Å². The van der Waals surface area contributed by atoms with Crippen molar-refractivity contribution in [1.82, 2.24) is 0 Å². The van der Waals surface area contributed by atoms with Crippen molar-refractivity contribution >= 4 is 47.1 Å². The second-order valence-electron chi connectivity index (χ2n) is 10.1. The number of Topliss-reactive ketones (excluding diaryl/α,β-unsaturated/α-hetero) is 1. The fourth-order valence-electron chi connectivity index (χ4n) is 7.73. The molecule has 0 aromatic carbocycles. The second-order valence-corrected chi connectivity index (χ2v) is 10.1. The molecule has 3 fully saturated rings. The van der Waals surface area contributed by atoms with Gasteiger partial charge in [0.2, 0.25) is 5.78 Å². The van der Waals surface area contributed by atoms with Gasteiger partial charge in [-0.05, 0) is 67.8 Å². The molecule has 6 nitrogen and oxygen atoms in total. The molecule has 4 rings (SSSR count). The van der Waals surface area contributed by atoms with E-state index in [0.29, 0.717) is 19.3 Å². The number of aliphatic hydroxyl groups excluding tert-OH is 2. The zero-order valence-electron chi connectivity index (χ0n) is 17.6. The maximum absolute atomic E-state index is 12.9. The van der Waals surface area contributed by atoms with E-state index < -0.39 is 35.5 Å². The third kappa shape index (κ3) is 3.21. The van der Waals surface area contributed by atoms with Gasteiger partial charge in [0.15, 0.2) is 11.4 Å². The van der Waals surface area contributed by atoms with Crippen molar-refractivity contribution in [2.24, 2.45) is 28.6 Å². The first kappa shape index (κ1) is 24.1. The van der Waals surface area contributed by atoms with Crippen LogP contribution in [0.3, 0.4) is 0 Å². The van der Waals surface area contributed by atoms with Gasteiger partial charge in [0.25, 0.3) is 0 Å². The minimum atomic E-state index is -1.37. The minimum absolute atomic E-state index is 0. The molecule has 162 valence electrons. The molecule has 7 atom stereocenters. The van der Waals surface area contributed by atoms with Gasteiger partial charge in [-0.3, -0.25) is 14.4 Å². The zero-order valence-corrected chi connectivity index (χ0v) is 17.6. The number of aliphatic hydroxyl groups is 2. The molecule has 0 saturated heterocycles. The molecule has 0 unspecified atom stereocenters. The molecule has 0 bridgehead atoms. The number of ether oxygens (including phenoxy) is 1. The molecular formula is C23H33NaO6. The summed E-state index contributed by atoms with van der Waals surface area (Å²) in [5.41, 5.74) is -1.12. The van der Waals surface area contributed by atoms with E-state index in [1.54, 1.807) is 6.08 Å². The van der Waals surface area contributed by atoms with Gasteiger partial charge in [-0.15, -0.1) is 0 Å². The fourth-order valence-corrected chi connectivity index (χ4v) is 7.73. The molecule has 0 aromatic heterocycles. The Balaban J connectivity index is 0.00000256. The number of allylic oxidation sites excluding steroid dienone is 1. The van der Waals surface area contributed by atoms with Gasteiger partial charge < -0.3 is 14.9 Å². The molecule has 3 saturated carbocycles. The van der Waals surface area contributed by atoms with E-state index in [1.165, 1.54) is 6.92 Å². The first-order valence-electron chi connectivity index (χ1n) is 10.8. The van der Waals surface area contributed by atoms with E-state index in [2.05, 4.69) is 6.92 Å². The van der Waals surface area contributed by atoms with Crippen LogP contribution in [0.2, 0.25) is 0 Å². The van der Waals surface area contributed by atoms with Crippen LogP contribution in [0.1, 0.15) is 65.7 Å². The van der Waals surface area contributed by atoms with Crippen molar-refractivity contribution in [2.45, 2.75) is 77.4 Å². The number of rotatable bonds is 3. The molecule has 0 heterocycles.